The Kier molecular flexibility index (Phi) is 6.05. The first kappa shape index (κ1) is 21.6. The second-order valence-corrected chi connectivity index (χ2v) is 6.89. The van der Waals surface area contributed by atoms with Crippen molar-refractivity contribution in [3.05, 3.63) is 110 Å². The van der Waals surface area contributed by atoms with Crippen LogP contribution in [0.4, 0.5) is 0 Å². The number of carbonyl (C=O) groups is 1. The van der Waals surface area contributed by atoms with Crippen LogP contribution in [0.3, 0.4) is 0 Å². The molecule has 0 fully saturated rings. The highest BCUT2D eigenvalue weighted by atomic mass is 17.1. The molecular weight excluding hydrogens is 428 g/mol. The summed E-state index contributed by atoms with van der Waals surface area (Å²) in [4.78, 5) is 41.5. The van der Waals surface area contributed by atoms with Gasteiger partial charge in [-0.1, -0.05) is 36.4 Å². The molecule has 4 N–H and O–H groups in total. The van der Waals surface area contributed by atoms with Crippen molar-refractivity contribution < 1.29 is 20.0 Å². The second-order valence-electron chi connectivity index (χ2n) is 6.89. The summed E-state index contributed by atoms with van der Waals surface area (Å²) in [6.07, 6.45) is 2.47. The Morgan fingerprint density at radius 3 is 1.94 bits per heavy atom. The molecule has 0 radical (unpaired) electrons. The van der Waals surface area contributed by atoms with E-state index in [9.17, 15) is 19.5 Å². The summed E-state index contributed by atoms with van der Waals surface area (Å²) < 4.78 is 2.38. The van der Waals surface area contributed by atoms with Gasteiger partial charge in [-0.3, -0.25) is 25.0 Å². The molecule has 0 spiro atoms. The monoisotopic (exact) mass is 446 g/mol. The maximum atomic E-state index is 12.9. The van der Waals surface area contributed by atoms with E-state index in [0.29, 0.717) is 11.4 Å². The Hall–Kier alpha value is -4.63. The minimum Gasteiger partial charge on any atom is -0.477 e. The number of carboxylic acid groups (broad SMARTS) is 1. The van der Waals surface area contributed by atoms with Crippen molar-refractivity contribution >= 4 is 18.1 Å². The van der Waals surface area contributed by atoms with E-state index in [1.165, 1.54) is 16.8 Å². The lowest BCUT2D eigenvalue weighted by molar-refractivity contribution is -0.253. The van der Waals surface area contributed by atoms with Gasteiger partial charge in [0, 0.05) is 0 Å². The number of aromatic carboxylic acids is 1. The van der Waals surface area contributed by atoms with Crippen LogP contribution >= 0.6 is 0 Å². The number of aromatic nitrogens is 4. The van der Waals surface area contributed by atoms with Crippen LogP contribution in [0.1, 0.15) is 27.3 Å². The van der Waals surface area contributed by atoms with Crippen molar-refractivity contribution in [2.75, 3.05) is 0 Å². The standard InChI is InChI=1S/C23H18N4O6/c28-21-17(19(14-33-32)24-26(21)15-8-3-1-4-9-15)12-7-13-18-20(23(30)31)25-27(22(18)29)16-10-5-2-6-11-16/h1-6,8-13,24-25,32H,14H2,(H,30,31). The van der Waals surface area contributed by atoms with E-state index in [4.69, 9.17) is 5.26 Å². The molecule has 0 bridgehead atoms. The molecular formula is C23H18N4O6. The highest BCUT2D eigenvalue weighted by molar-refractivity contribution is 5.90. The molecule has 0 saturated heterocycles. The third kappa shape index (κ3) is 4.25. The van der Waals surface area contributed by atoms with Crippen molar-refractivity contribution in [3.8, 4) is 11.4 Å². The Bertz CT molecular complexity index is 1470. The maximum Gasteiger partial charge on any atom is 0.354 e. The van der Waals surface area contributed by atoms with Crippen LogP contribution in [-0.4, -0.2) is 35.9 Å². The van der Waals surface area contributed by atoms with Crippen LogP contribution in [0, 0.1) is 0 Å². The molecule has 0 atom stereocenters. The number of benzene rings is 2. The fourth-order valence-electron chi connectivity index (χ4n) is 3.29. The van der Waals surface area contributed by atoms with Crippen LogP contribution < -0.4 is 11.1 Å². The summed E-state index contributed by atoms with van der Waals surface area (Å²) in [6, 6.07) is 17.3. The zero-order valence-electron chi connectivity index (χ0n) is 17.1. The van der Waals surface area contributed by atoms with Crippen LogP contribution in [0.25, 0.3) is 23.5 Å². The highest BCUT2D eigenvalue weighted by Crippen LogP contribution is 2.12. The number of carboxylic acids is 1. The summed E-state index contributed by atoms with van der Waals surface area (Å²) in [5, 5.41) is 23.8. The predicted molar refractivity (Wildman–Crippen MR) is 120 cm³/mol. The first-order valence-electron chi connectivity index (χ1n) is 9.73. The van der Waals surface area contributed by atoms with Crippen molar-refractivity contribution in [1.82, 2.24) is 19.6 Å². The van der Waals surface area contributed by atoms with E-state index in [2.05, 4.69) is 20.8 Å². The number of hydrogen-bond donors (Lipinski definition) is 4. The number of nitrogens with zero attached hydrogens (tertiary/aromatic N) is 2. The summed E-state index contributed by atoms with van der Waals surface area (Å²) in [6.45, 7) is -0.298. The summed E-state index contributed by atoms with van der Waals surface area (Å²) in [7, 11) is 0. The Labute approximate surface area is 185 Å². The van der Waals surface area contributed by atoms with Gasteiger partial charge in [-0.2, -0.15) is 0 Å². The van der Waals surface area contributed by atoms with Crippen molar-refractivity contribution in [3.63, 3.8) is 0 Å². The number of hydrogen-bond acceptors (Lipinski definition) is 5. The predicted octanol–water partition coefficient (Wildman–Crippen LogP) is 2.66. The van der Waals surface area contributed by atoms with E-state index in [-0.39, 0.29) is 29.1 Å². The smallest absolute Gasteiger partial charge is 0.354 e. The van der Waals surface area contributed by atoms with Crippen molar-refractivity contribution in [2.45, 2.75) is 6.61 Å². The number of para-hydroxylation sites is 2. The van der Waals surface area contributed by atoms with Crippen LogP contribution in [0.15, 0.2) is 76.0 Å². The van der Waals surface area contributed by atoms with Crippen molar-refractivity contribution in [2.24, 2.45) is 0 Å². The van der Waals surface area contributed by atoms with E-state index in [0.717, 1.165) is 4.68 Å². The van der Waals surface area contributed by atoms with Crippen LogP contribution in [-0.2, 0) is 11.5 Å². The molecule has 0 aliphatic rings. The molecule has 0 aliphatic carbocycles. The Morgan fingerprint density at radius 1 is 0.879 bits per heavy atom. The molecule has 2 aromatic carbocycles. The first-order valence-corrected chi connectivity index (χ1v) is 9.73. The molecule has 166 valence electrons. The van der Waals surface area contributed by atoms with Gasteiger partial charge >= 0.3 is 5.97 Å². The largest absolute Gasteiger partial charge is 0.477 e. The molecule has 33 heavy (non-hydrogen) atoms. The normalized spacial score (nSPS) is 10.6. The van der Waals surface area contributed by atoms with Crippen molar-refractivity contribution in [1.29, 1.82) is 0 Å². The van der Waals surface area contributed by atoms with Gasteiger partial charge in [0.1, 0.15) is 6.61 Å². The number of aromatic amines is 2. The number of H-pyrrole nitrogens is 2. The third-order valence-electron chi connectivity index (χ3n) is 4.84. The number of nitrogens with one attached hydrogen (secondary N) is 2. The lowest BCUT2D eigenvalue weighted by Gasteiger charge is -2.00. The van der Waals surface area contributed by atoms with Gasteiger partial charge < -0.3 is 5.11 Å². The lowest BCUT2D eigenvalue weighted by atomic mass is 10.2. The minimum atomic E-state index is -1.32. The highest BCUT2D eigenvalue weighted by Gasteiger charge is 2.18. The van der Waals surface area contributed by atoms with Gasteiger partial charge in [0.15, 0.2) is 5.69 Å². The van der Waals surface area contributed by atoms with E-state index < -0.39 is 17.1 Å². The molecule has 0 saturated carbocycles. The molecule has 2 heterocycles. The molecule has 2 aromatic heterocycles. The number of rotatable bonds is 7. The second kappa shape index (κ2) is 9.25. The summed E-state index contributed by atoms with van der Waals surface area (Å²) in [5.74, 6) is -1.32. The van der Waals surface area contributed by atoms with E-state index >= 15 is 0 Å². The molecule has 4 aromatic rings. The summed E-state index contributed by atoms with van der Waals surface area (Å²) >= 11 is 0. The van der Waals surface area contributed by atoms with E-state index in [1.54, 1.807) is 60.7 Å². The maximum absolute atomic E-state index is 12.9. The van der Waals surface area contributed by atoms with Gasteiger partial charge in [-0.05, 0) is 36.4 Å². The van der Waals surface area contributed by atoms with Gasteiger partial charge in [0.25, 0.3) is 11.1 Å². The quantitative estimate of drug-likeness (QED) is 0.195. The van der Waals surface area contributed by atoms with Gasteiger partial charge in [-0.15, -0.1) is 5.73 Å². The van der Waals surface area contributed by atoms with Gasteiger partial charge in [0.2, 0.25) is 0 Å². The van der Waals surface area contributed by atoms with Gasteiger partial charge in [-0.25, -0.2) is 19.0 Å². The average Bonchev–Trinajstić information content (AvgIpc) is 3.32. The molecule has 10 heteroatoms. The Morgan fingerprint density at radius 2 is 1.39 bits per heavy atom. The van der Waals surface area contributed by atoms with Crippen LogP contribution in [0.2, 0.25) is 0 Å². The fraction of sp³-hybridized carbons (Fsp3) is 0.0435. The summed E-state index contributed by atoms with van der Waals surface area (Å²) in [5.41, 5.74) is 2.64. The molecule has 10 nitrogen and oxygen atoms in total. The average molecular weight is 446 g/mol. The molecule has 0 aliphatic heterocycles. The third-order valence-corrected chi connectivity index (χ3v) is 4.84. The molecule has 0 unspecified atom stereocenters. The topological polar surface area (TPSA) is 142 Å². The zero-order chi connectivity index (χ0) is 23.4. The zero-order valence-corrected chi connectivity index (χ0v) is 17.1. The fourth-order valence-corrected chi connectivity index (χ4v) is 3.29. The van der Waals surface area contributed by atoms with Crippen LogP contribution in [0.5, 0.6) is 0 Å². The van der Waals surface area contributed by atoms with E-state index in [1.807, 2.05) is 0 Å². The molecule has 4 rings (SSSR count). The minimum absolute atomic E-state index is 0.125. The lowest BCUT2D eigenvalue weighted by Crippen LogP contribution is -2.15. The van der Waals surface area contributed by atoms with Gasteiger partial charge in [0.05, 0.1) is 28.2 Å². The SMILES string of the molecule is O=C(O)c1[nH]n(-c2ccccc2)c(=O)c1C=C=Cc1c(COO)[nH]n(-c2ccccc2)c1=O. The molecule has 0 amide bonds. The Balaban J connectivity index is 1.80. The first-order chi connectivity index (χ1) is 16.0.